The molecule has 4 aromatic rings. The first kappa shape index (κ1) is 33.7. The molecular formula is C36H43F3N6S. The lowest BCUT2D eigenvalue weighted by molar-refractivity contribution is -0.126. The summed E-state index contributed by atoms with van der Waals surface area (Å²) in [7, 11) is 0. The molecule has 4 heterocycles. The number of fused-ring (bicyclic) bond motifs is 2. The van der Waals surface area contributed by atoms with Crippen molar-refractivity contribution in [2.75, 3.05) is 18.4 Å². The van der Waals surface area contributed by atoms with Crippen LogP contribution in [0.2, 0.25) is 0 Å². The highest BCUT2D eigenvalue weighted by Gasteiger charge is 2.45. The van der Waals surface area contributed by atoms with E-state index in [2.05, 4.69) is 88.0 Å². The third-order valence-electron chi connectivity index (χ3n) is 9.24. The highest BCUT2D eigenvalue weighted by molar-refractivity contribution is 7.18. The van der Waals surface area contributed by atoms with E-state index < -0.39 is 12.6 Å². The van der Waals surface area contributed by atoms with Gasteiger partial charge in [-0.05, 0) is 81.4 Å². The Labute approximate surface area is 273 Å². The molecule has 0 atom stereocenters. The van der Waals surface area contributed by atoms with Gasteiger partial charge in [-0.15, -0.1) is 11.3 Å². The van der Waals surface area contributed by atoms with Gasteiger partial charge in [-0.25, -0.2) is 9.97 Å². The third kappa shape index (κ3) is 7.16. The Balaban J connectivity index is 0.00000204. The van der Waals surface area contributed by atoms with E-state index in [1.807, 2.05) is 13.8 Å². The molecule has 3 aromatic heterocycles. The lowest BCUT2D eigenvalue weighted by Gasteiger charge is -2.33. The SMILES string of the molecule is C/C=C\C(=C/C)C1(Cn2c(C#N)cc3c(C)c(CN4CCC(Nc5ncnc6sc(CC(F)(F)F)cc56)CC4)ccc32)CC1.CC. The van der Waals surface area contributed by atoms with Gasteiger partial charge in [0.1, 0.15) is 28.7 Å². The summed E-state index contributed by atoms with van der Waals surface area (Å²) in [6, 6.07) is 10.7. The maximum Gasteiger partial charge on any atom is 0.393 e. The fourth-order valence-corrected chi connectivity index (χ4v) is 7.71. The lowest BCUT2D eigenvalue weighted by Crippen LogP contribution is -2.39. The molecule has 0 spiro atoms. The molecule has 244 valence electrons. The van der Waals surface area contributed by atoms with Gasteiger partial charge in [0.25, 0.3) is 0 Å². The second-order valence-electron chi connectivity index (χ2n) is 12.2. The summed E-state index contributed by atoms with van der Waals surface area (Å²) < 4.78 is 41.0. The number of alkyl halides is 3. The minimum absolute atomic E-state index is 0.107. The van der Waals surface area contributed by atoms with E-state index in [1.54, 1.807) is 6.07 Å². The van der Waals surface area contributed by atoms with Gasteiger partial charge in [-0.1, -0.05) is 38.1 Å². The number of rotatable bonds is 9. The quantitative estimate of drug-likeness (QED) is 0.183. The van der Waals surface area contributed by atoms with Gasteiger partial charge in [0, 0.05) is 53.4 Å². The van der Waals surface area contributed by atoms with Crippen LogP contribution in [0.5, 0.6) is 0 Å². The maximum absolute atomic E-state index is 12.9. The van der Waals surface area contributed by atoms with Gasteiger partial charge in [0.2, 0.25) is 0 Å². The number of nitrogens with zero attached hydrogens (tertiary/aromatic N) is 5. The van der Waals surface area contributed by atoms with Crippen LogP contribution in [-0.4, -0.2) is 44.7 Å². The van der Waals surface area contributed by atoms with Gasteiger partial charge in [0.05, 0.1) is 11.8 Å². The maximum atomic E-state index is 12.9. The summed E-state index contributed by atoms with van der Waals surface area (Å²) in [5.74, 6) is 0.609. The first-order valence-corrected chi connectivity index (χ1v) is 17.0. The van der Waals surface area contributed by atoms with Crippen molar-refractivity contribution in [1.82, 2.24) is 19.4 Å². The van der Waals surface area contributed by atoms with Gasteiger partial charge < -0.3 is 9.88 Å². The van der Waals surface area contributed by atoms with E-state index in [9.17, 15) is 18.4 Å². The number of halogens is 3. The van der Waals surface area contributed by atoms with Gasteiger partial charge >= 0.3 is 6.18 Å². The van der Waals surface area contributed by atoms with Crippen LogP contribution in [-0.2, 0) is 19.5 Å². The Bertz CT molecular complexity index is 1780. The fourth-order valence-electron chi connectivity index (χ4n) is 6.68. The molecule has 0 amide bonds. The van der Waals surface area contributed by atoms with Gasteiger partial charge in [0.15, 0.2) is 0 Å². The molecule has 1 aromatic carbocycles. The molecule has 1 N–H and O–H groups in total. The number of aryl methyl sites for hydroxylation is 1. The van der Waals surface area contributed by atoms with Crippen LogP contribution in [0.3, 0.4) is 0 Å². The van der Waals surface area contributed by atoms with Crippen molar-refractivity contribution in [2.45, 2.75) is 92.0 Å². The van der Waals surface area contributed by atoms with E-state index in [-0.39, 0.29) is 16.3 Å². The Morgan fingerprint density at radius 3 is 2.50 bits per heavy atom. The number of aromatic nitrogens is 3. The van der Waals surface area contributed by atoms with Crippen LogP contribution in [0.4, 0.5) is 19.0 Å². The minimum Gasteiger partial charge on any atom is -0.367 e. The summed E-state index contributed by atoms with van der Waals surface area (Å²) in [5.41, 5.74) is 5.78. The van der Waals surface area contributed by atoms with E-state index in [0.29, 0.717) is 21.7 Å². The molecule has 0 radical (unpaired) electrons. The Hall–Kier alpha value is -3.68. The normalized spacial score (nSPS) is 17.3. The molecular weight excluding hydrogens is 605 g/mol. The zero-order chi connectivity index (χ0) is 33.1. The monoisotopic (exact) mass is 648 g/mol. The second-order valence-corrected chi connectivity index (χ2v) is 13.3. The Morgan fingerprint density at radius 2 is 1.87 bits per heavy atom. The van der Waals surface area contributed by atoms with Crippen LogP contribution in [0.1, 0.15) is 75.1 Å². The van der Waals surface area contributed by atoms with Crippen LogP contribution >= 0.6 is 11.3 Å². The summed E-state index contributed by atoms with van der Waals surface area (Å²) in [5, 5.41) is 15.3. The number of thiophene rings is 1. The first-order valence-electron chi connectivity index (χ1n) is 16.2. The number of benzene rings is 1. The molecule has 0 unspecified atom stereocenters. The summed E-state index contributed by atoms with van der Waals surface area (Å²) >= 11 is 1.07. The average molecular weight is 649 g/mol. The number of hydrogen-bond acceptors (Lipinski definition) is 6. The van der Waals surface area contributed by atoms with Crippen molar-refractivity contribution in [1.29, 1.82) is 5.26 Å². The molecule has 1 saturated heterocycles. The Morgan fingerprint density at radius 1 is 1.13 bits per heavy atom. The molecule has 6 nitrogen and oxygen atoms in total. The van der Waals surface area contributed by atoms with Gasteiger partial charge in [-0.2, -0.15) is 18.4 Å². The molecule has 0 bridgehead atoms. The largest absolute Gasteiger partial charge is 0.393 e. The topological polar surface area (TPSA) is 69.8 Å². The van der Waals surface area contributed by atoms with Gasteiger partial charge in [-0.3, -0.25) is 4.90 Å². The smallest absolute Gasteiger partial charge is 0.367 e. The van der Waals surface area contributed by atoms with Crippen LogP contribution in [0.25, 0.3) is 21.1 Å². The van der Waals surface area contributed by atoms with Crippen molar-refractivity contribution in [2.24, 2.45) is 5.41 Å². The number of piperidine rings is 1. The lowest BCUT2D eigenvalue weighted by atomic mass is 9.94. The number of hydrogen-bond donors (Lipinski definition) is 1. The average Bonchev–Trinajstić information content (AvgIpc) is 3.56. The first-order chi connectivity index (χ1) is 22.1. The number of nitrogens with one attached hydrogen (secondary N) is 1. The van der Waals surface area contributed by atoms with Crippen molar-refractivity contribution in [3.63, 3.8) is 0 Å². The molecule has 1 aliphatic heterocycles. The molecule has 46 heavy (non-hydrogen) atoms. The summed E-state index contributed by atoms with van der Waals surface area (Å²) in [6.07, 6.45) is 6.81. The van der Waals surface area contributed by atoms with Crippen molar-refractivity contribution < 1.29 is 13.2 Å². The second kappa shape index (κ2) is 14.0. The molecule has 10 heteroatoms. The van der Waals surface area contributed by atoms with Crippen LogP contribution < -0.4 is 5.32 Å². The zero-order valence-electron chi connectivity index (χ0n) is 27.3. The van der Waals surface area contributed by atoms with E-state index in [4.69, 9.17) is 0 Å². The summed E-state index contributed by atoms with van der Waals surface area (Å²) in [4.78, 5) is 11.8. The highest BCUT2D eigenvalue weighted by Crippen LogP contribution is 2.54. The zero-order valence-corrected chi connectivity index (χ0v) is 28.2. The molecule has 2 fully saturated rings. The van der Waals surface area contributed by atoms with Crippen molar-refractivity contribution in [3.05, 3.63) is 76.1 Å². The van der Waals surface area contributed by atoms with Crippen molar-refractivity contribution in [3.8, 4) is 6.07 Å². The molecule has 1 saturated carbocycles. The fraction of sp³-hybridized carbons (Fsp3) is 0.472. The van der Waals surface area contributed by atoms with Crippen molar-refractivity contribution >= 4 is 38.3 Å². The predicted octanol–water partition coefficient (Wildman–Crippen LogP) is 9.34. The Kier molecular flexibility index (Phi) is 10.2. The van der Waals surface area contributed by atoms with E-state index in [1.165, 1.54) is 23.0 Å². The van der Waals surface area contributed by atoms with E-state index in [0.717, 1.165) is 74.1 Å². The number of allylic oxidation sites excluding steroid dienone is 4. The summed E-state index contributed by atoms with van der Waals surface area (Å²) in [6.45, 7) is 13.8. The minimum atomic E-state index is -4.25. The number of nitriles is 1. The van der Waals surface area contributed by atoms with Crippen LogP contribution in [0.15, 0.2) is 54.4 Å². The molecule has 2 aliphatic rings. The number of anilines is 1. The predicted molar refractivity (Wildman–Crippen MR) is 182 cm³/mol. The van der Waals surface area contributed by atoms with Crippen LogP contribution in [0, 0.1) is 23.7 Å². The standard InChI is InChI=1S/C34H37F3N6S.C2H6/c1-4-6-24(5-2)33(11-12-33)20-43-26(18-38)15-28-22(3)23(7-8-30(28)43)19-42-13-9-25(10-14-42)41-31-29-16-27(17-34(35,36)37)44-32(29)40-21-39-31;1-2/h4-8,15-16,21,25H,9-14,17,19-20H2,1-3H3,(H,39,40,41);1-2H3/b6-4-,24-5+;. The molecule has 6 rings (SSSR count). The highest BCUT2D eigenvalue weighted by atomic mass is 32.1. The third-order valence-corrected chi connectivity index (χ3v) is 10.3. The van der Waals surface area contributed by atoms with E-state index >= 15 is 0 Å². The number of likely N-dealkylation sites (tertiary alicyclic amines) is 1. The molecule has 1 aliphatic carbocycles.